The van der Waals surface area contributed by atoms with Gasteiger partial charge in [-0.2, -0.15) is 9.49 Å². The third-order valence-electron chi connectivity index (χ3n) is 3.13. The van der Waals surface area contributed by atoms with Gasteiger partial charge in [0.25, 0.3) is 0 Å². The van der Waals surface area contributed by atoms with Crippen molar-refractivity contribution in [3.8, 4) is 0 Å². The second-order valence-electron chi connectivity index (χ2n) is 5.02. The zero-order valence-corrected chi connectivity index (χ0v) is 13.7. The Kier molecular flexibility index (Phi) is 6.20. The van der Waals surface area contributed by atoms with Crippen molar-refractivity contribution in [1.82, 2.24) is 5.01 Å². The number of nitrogens with zero attached hydrogens (tertiary/aromatic N) is 3. The summed E-state index contributed by atoms with van der Waals surface area (Å²) in [5.41, 5.74) is -3.99. The quantitative estimate of drug-likeness (QED) is 0.146. The first-order valence-electron chi connectivity index (χ1n) is 6.69. The minimum atomic E-state index is -2.00. The van der Waals surface area contributed by atoms with Crippen LogP contribution < -0.4 is 0 Å². The number of hydrazone groups is 1. The van der Waals surface area contributed by atoms with Crippen LogP contribution in [0.2, 0.25) is 0 Å². The van der Waals surface area contributed by atoms with Crippen molar-refractivity contribution in [2.45, 2.75) is 6.92 Å². The first-order chi connectivity index (χ1) is 11.5. The molecule has 1 rings (SSSR count). The van der Waals surface area contributed by atoms with Crippen molar-refractivity contribution in [2.24, 2.45) is 11.0 Å². The van der Waals surface area contributed by atoms with Crippen LogP contribution in [0.15, 0.2) is 5.10 Å². The lowest BCUT2D eigenvalue weighted by Crippen LogP contribution is -2.29. The molecule has 11 heteroatoms. The van der Waals surface area contributed by atoms with E-state index in [1.165, 1.54) is 19.1 Å². The van der Waals surface area contributed by atoms with Crippen LogP contribution in [-0.2, 0) is 9.53 Å². The highest BCUT2D eigenvalue weighted by Gasteiger charge is 2.39. The van der Waals surface area contributed by atoms with Crippen molar-refractivity contribution in [1.29, 1.82) is 0 Å². The highest BCUT2D eigenvalue weighted by Crippen LogP contribution is 2.32. The number of esters is 1. The summed E-state index contributed by atoms with van der Waals surface area (Å²) in [5.74, 6) is -10.00. The molecule has 0 radical (unpaired) electrons. The molecule has 25 heavy (non-hydrogen) atoms. The number of benzene rings is 1. The Morgan fingerprint density at radius 3 is 2.24 bits per heavy atom. The fourth-order valence-electron chi connectivity index (χ4n) is 1.88. The summed E-state index contributed by atoms with van der Waals surface area (Å²) in [6, 6.07) is 0. The predicted octanol–water partition coefficient (Wildman–Crippen LogP) is 1.84. The van der Waals surface area contributed by atoms with Gasteiger partial charge in [0.1, 0.15) is 11.4 Å². The van der Waals surface area contributed by atoms with Gasteiger partial charge < -0.3 is 9.75 Å². The van der Waals surface area contributed by atoms with Gasteiger partial charge in [0.15, 0.2) is 17.5 Å². The highest BCUT2D eigenvalue weighted by atomic mass is 19.2. The molecule has 0 aliphatic heterocycles. The minimum absolute atomic E-state index is 0.758. The van der Waals surface area contributed by atoms with Gasteiger partial charge in [0.05, 0.1) is 12.0 Å². The number of ether oxygens (including phenoxy) is 1. The molecule has 1 unspecified atom stereocenters. The predicted molar refractivity (Wildman–Crippen MR) is 79.7 cm³/mol. The van der Waals surface area contributed by atoms with Crippen molar-refractivity contribution in [3.63, 3.8) is 0 Å². The van der Waals surface area contributed by atoms with E-state index in [9.17, 15) is 32.9 Å². The number of Topliss-reactive ketones (excluding diaryl/α,β-unsaturated/α-hetero) is 1. The third-order valence-corrected chi connectivity index (χ3v) is 3.13. The second-order valence-corrected chi connectivity index (χ2v) is 5.02. The summed E-state index contributed by atoms with van der Waals surface area (Å²) in [5, 5.41) is 15.8. The van der Waals surface area contributed by atoms with Crippen molar-refractivity contribution in [3.05, 3.63) is 38.7 Å². The summed E-state index contributed by atoms with van der Waals surface area (Å²) >= 11 is 0. The van der Waals surface area contributed by atoms with Gasteiger partial charge in [-0.05, 0) is 6.92 Å². The standard InChI is InChI=1S/C14H14F3N3O5/c1-6-9(15)8(12(20(23)24)11(17)10(6)16)13(21)7(14(22)25-4)5-18-19(2)3/h5,7H,1-4H3. The monoisotopic (exact) mass is 361 g/mol. The largest absolute Gasteiger partial charge is 0.468 e. The molecule has 136 valence electrons. The fourth-order valence-corrected chi connectivity index (χ4v) is 1.88. The number of carbonyl (C=O) groups excluding carboxylic acids is 2. The van der Waals surface area contributed by atoms with E-state index in [-0.39, 0.29) is 0 Å². The van der Waals surface area contributed by atoms with E-state index in [1.807, 2.05) is 0 Å². The van der Waals surface area contributed by atoms with Crippen molar-refractivity contribution >= 4 is 23.7 Å². The molecule has 0 fully saturated rings. The maximum atomic E-state index is 14.3. The molecule has 0 saturated heterocycles. The molecule has 0 heterocycles. The van der Waals surface area contributed by atoms with Crippen LogP contribution in [0.3, 0.4) is 0 Å². The van der Waals surface area contributed by atoms with E-state index < -0.39 is 56.9 Å². The summed E-state index contributed by atoms with van der Waals surface area (Å²) < 4.78 is 46.1. The molecule has 1 atom stereocenters. The Morgan fingerprint density at radius 2 is 1.80 bits per heavy atom. The Bertz CT molecular complexity index is 765. The van der Waals surface area contributed by atoms with Crippen molar-refractivity contribution < 1.29 is 32.4 Å². The fraction of sp³-hybridized carbons (Fsp3) is 0.357. The van der Waals surface area contributed by atoms with Gasteiger partial charge in [0.2, 0.25) is 5.82 Å². The lowest BCUT2D eigenvalue weighted by atomic mass is 9.94. The zero-order valence-electron chi connectivity index (χ0n) is 13.7. The third kappa shape index (κ3) is 3.92. The van der Waals surface area contributed by atoms with Crippen LogP contribution >= 0.6 is 0 Å². The molecule has 0 aliphatic carbocycles. The maximum absolute atomic E-state index is 14.3. The number of methoxy groups -OCH3 is 1. The molecule has 1 aromatic carbocycles. The maximum Gasteiger partial charge on any atom is 0.322 e. The van der Waals surface area contributed by atoms with E-state index in [4.69, 9.17) is 0 Å². The average Bonchev–Trinajstić information content (AvgIpc) is 2.54. The van der Waals surface area contributed by atoms with Gasteiger partial charge in [-0.3, -0.25) is 19.7 Å². The van der Waals surface area contributed by atoms with E-state index in [1.54, 1.807) is 0 Å². The molecule has 0 aromatic heterocycles. The van der Waals surface area contributed by atoms with Crippen LogP contribution in [0.1, 0.15) is 15.9 Å². The van der Waals surface area contributed by atoms with Gasteiger partial charge in [-0.15, -0.1) is 0 Å². The lowest BCUT2D eigenvalue weighted by Gasteiger charge is -2.13. The van der Waals surface area contributed by atoms with E-state index in [0.29, 0.717) is 0 Å². The highest BCUT2D eigenvalue weighted by molar-refractivity contribution is 6.19. The van der Waals surface area contributed by atoms with Crippen LogP contribution in [0, 0.1) is 40.4 Å². The SMILES string of the molecule is COC(=O)C(C=NN(C)C)C(=O)c1c(F)c(C)c(F)c(F)c1[N+](=O)[O-]. The normalized spacial score (nSPS) is 12.1. The average molecular weight is 361 g/mol. The van der Waals surface area contributed by atoms with Crippen LogP contribution in [0.5, 0.6) is 0 Å². The van der Waals surface area contributed by atoms with Crippen LogP contribution in [0.4, 0.5) is 18.9 Å². The van der Waals surface area contributed by atoms with E-state index >= 15 is 0 Å². The number of nitro groups is 1. The molecule has 0 spiro atoms. The smallest absolute Gasteiger partial charge is 0.322 e. The van der Waals surface area contributed by atoms with Crippen LogP contribution in [0.25, 0.3) is 0 Å². The molecule has 0 bridgehead atoms. The van der Waals surface area contributed by atoms with Gasteiger partial charge in [0, 0.05) is 25.9 Å². The summed E-state index contributed by atoms with van der Waals surface area (Å²) in [4.78, 5) is 33.8. The first-order valence-corrected chi connectivity index (χ1v) is 6.69. The summed E-state index contributed by atoms with van der Waals surface area (Å²) in [6.07, 6.45) is 0.758. The Labute approximate surface area is 140 Å². The Balaban J connectivity index is 3.69. The summed E-state index contributed by atoms with van der Waals surface area (Å²) in [7, 11) is 3.81. The number of ketones is 1. The number of halogens is 3. The topological polar surface area (TPSA) is 102 Å². The molecule has 0 aliphatic rings. The number of rotatable bonds is 6. The molecule has 0 saturated carbocycles. The Hall–Kier alpha value is -2.98. The zero-order chi connectivity index (χ0) is 19.5. The number of hydrogen-bond donors (Lipinski definition) is 0. The van der Waals surface area contributed by atoms with Crippen LogP contribution in [-0.4, -0.2) is 49.1 Å². The molecule has 1 aromatic rings. The molecule has 0 N–H and O–H groups in total. The van der Waals surface area contributed by atoms with E-state index in [0.717, 1.165) is 20.2 Å². The molecule has 8 nitrogen and oxygen atoms in total. The molecule has 0 amide bonds. The number of hydrogen-bond acceptors (Lipinski definition) is 7. The first kappa shape index (κ1) is 20.1. The van der Waals surface area contributed by atoms with E-state index in [2.05, 4.69) is 9.84 Å². The number of nitro benzene ring substituents is 1. The Morgan fingerprint density at radius 1 is 1.24 bits per heavy atom. The molecular weight excluding hydrogens is 347 g/mol. The van der Waals surface area contributed by atoms with Gasteiger partial charge >= 0.3 is 11.7 Å². The molecular formula is C14H14F3N3O5. The summed E-state index contributed by atoms with van der Waals surface area (Å²) in [6.45, 7) is 0.801. The van der Waals surface area contributed by atoms with Gasteiger partial charge in [-0.1, -0.05) is 0 Å². The number of carbonyl (C=O) groups is 2. The van der Waals surface area contributed by atoms with Crippen molar-refractivity contribution in [2.75, 3.05) is 21.2 Å². The minimum Gasteiger partial charge on any atom is -0.468 e. The second kappa shape index (κ2) is 7.73. The van der Waals surface area contributed by atoms with Gasteiger partial charge in [-0.25, -0.2) is 8.78 Å². The lowest BCUT2D eigenvalue weighted by molar-refractivity contribution is -0.388.